The van der Waals surface area contributed by atoms with Gasteiger partial charge in [0.25, 0.3) is 0 Å². The van der Waals surface area contributed by atoms with E-state index in [2.05, 4.69) is 22.0 Å². The molecule has 3 rings (SSSR count). The highest BCUT2D eigenvalue weighted by Crippen LogP contribution is 2.23. The Labute approximate surface area is 174 Å². The summed E-state index contributed by atoms with van der Waals surface area (Å²) in [5.41, 5.74) is -1.08. The van der Waals surface area contributed by atoms with Gasteiger partial charge in [-0.05, 0) is 64.3 Å². The van der Waals surface area contributed by atoms with Crippen molar-refractivity contribution in [1.29, 1.82) is 0 Å². The Morgan fingerprint density at radius 3 is 2.81 bits per heavy atom. The van der Waals surface area contributed by atoms with Gasteiger partial charge >= 0.3 is 0 Å². The summed E-state index contributed by atoms with van der Waals surface area (Å²) in [7, 11) is 0. The molecule has 0 spiro atoms. The van der Waals surface area contributed by atoms with E-state index >= 15 is 0 Å². The van der Waals surface area contributed by atoms with E-state index in [1.165, 1.54) is 38.9 Å². The van der Waals surface area contributed by atoms with Crippen LogP contribution in [0.25, 0.3) is 0 Å². The van der Waals surface area contributed by atoms with E-state index in [1.54, 1.807) is 25.3 Å². The first-order chi connectivity index (χ1) is 12.1. The fourth-order valence-electron chi connectivity index (χ4n) is 3.82. The predicted octanol–water partition coefficient (Wildman–Crippen LogP) is 2.49. The zero-order chi connectivity index (χ0) is 17.7. The second-order valence-electron chi connectivity index (χ2n) is 7.53. The van der Waals surface area contributed by atoms with E-state index in [9.17, 15) is 5.11 Å². The molecule has 2 saturated heterocycles. The zero-order valence-corrected chi connectivity index (χ0v) is 18.3. The molecule has 7 heteroatoms. The van der Waals surface area contributed by atoms with Crippen molar-refractivity contribution in [3.8, 4) is 0 Å². The summed E-state index contributed by atoms with van der Waals surface area (Å²) in [6.45, 7) is 10.8. The minimum Gasteiger partial charge on any atom is -0.466 e. The van der Waals surface area contributed by atoms with Crippen molar-refractivity contribution in [2.24, 2.45) is 10.9 Å². The number of likely N-dealkylation sites (tertiary alicyclic amines) is 2. The molecular formula is C19H33IN4O2. The number of furan rings is 1. The summed E-state index contributed by atoms with van der Waals surface area (Å²) in [6, 6.07) is 3.59. The van der Waals surface area contributed by atoms with Crippen molar-refractivity contribution in [2.45, 2.75) is 38.7 Å². The molecule has 0 aliphatic carbocycles. The molecule has 6 nitrogen and oxygen atoms in total. The quantitative estimate of drug-likeness (QED) is 0.376. The Balaban J connectivity index is 0.00000243. The van der Waals surface area contributed by atoms with Crippen LogP contribution in [0.3, 0.4) is 0 Å². The molecule has 0 aromatic carbocycles. The second kappa shape index (κ2) is 9.94. The lowest BCUT2D eigenvalue weighted by Gasteiger charge is -2.25. The highest BCUT2D eigenvalue weighted by atomic mass is 127. The summed E-state index contributed by atoms with van der Waals surface area (Å²) < 4.78 is 5.35. The molecule has 1 aromatic heterocycles. The van der Waals surface area contributed by atoms with Crippen LogP contribution in [-0.4, -0.2) is 66.7 Å². The van der Waals surface area contributed by atoms with E-state index in [-0.39, 0.29) is 30.5 Å². The molecule has 2 atom stereocenters. The Morgan fingerprint density at radius 2 is 2.15 bits per heavy atom. The SMILES string of the molecule is CCNC(=NCC(C)(O)c1ccco1)N1CCC(CN2CCCC2)C1.I. The first kappa shape index (κ1) is 21.5. The van der Waals surface area contributed by atoms with E-state index in [0.29, 0.717) is 11.7 Å². The molecule has 26 heavy (non-hydrogen) atoms. The molecule has 2 unspecified atom stereocenters. The summed E-state index contributed by atoms with van der Waals surface area (Å²) in [5, 5.41) is 14.0. The van der Waals surface area contributed by atoms with Gasteiger partial charge in [0.1, 0.15) is 11.4 Å². The van der Waals surface area contributed by atoms with E-state index < -0.39 is 5.60 Å². The molecule has 0 amide bonds. The minimum absolute atomic E-state index is 0. The lowest BCUT2D eigenvalue weighted by molar-refractivity contribution is 0.0435. The fourth-order valence-corrected chi connectivity index (χ4v) is 3.82. The Morgan fingerprint density at radius 1 is 1.38 bits per heavy atom. The maximum absolute atomic E-state index is 10.6. The average molecular weight is 476 g/mol. The Hall–Kier alpha value is -0.800. The van der Waals surface area contributed by atoms with Gasteiger partial charge in [0.2, 0.25) is 0 Å². The van der Waals surface area contributed by atoms with E-state index in [1.807, 2.05) is 0 Å². The third-order valence-corrected chi connectivity index (χ3v) is 5.22. The lowest BCUT2D eigenvalue weighted by Crippen LogP contribution is -2.41. The molecule has 1 aromatic rings. The fraction of sp³-hybridized carbons (Fsp3) is 0.737. The monoisotopic (exact) mass is 476 g/mol. The largest absolute Gasteiger partial charge is 0.466 e. The topological polar surface area (TPSA) is 64.2 Å². The van der Waals surface area contributed by atoms with Crippen LogP contribution in [0.15, 0.2) is 27.8 Å². The third-order valence-electron chi connectivity index (χ3n) is 5.22. The zero-order valence-electron chi connectivity index (χ0n) is 16.0. The number of rotatable bonds is 6. The molecule has 0 radical (unpaired) electrons. The van der Waals surface area contributed by atoms with Crippen molar-refractivity contribution in [3.63, 3.8) is 0 Å². The molecule has 0 saturated carbocycles. The number of hydrogen-bond donors (Lipinski definition) is 2. The van der Waals surface area contributed by atoms with Crippen molar-refractivity contribution >= 4 is 29.9 Å². The first-order valence-corrected chi connectivity index (χ1v) is 9.60. The Kier molecular flexibility index (Phi) is 8.22. The highest BCUT2D eigenvalue weighted by Gasteiger charge is 2.29. The molecule has 3 heterocycles. The molecular weight excluding hydrogens is 443 g/mol. The van der Waals surface area contributed by atoms with Gasteiger partial charge in [-0.25, -0.2) is 4.99 Å². The van der Waals surface area contributed by atoms with Crippen LogP contribution in [0.2, 0.25) is 0 Å². The normalized spacial score (nSPS) is 23.7. The summed E-state index contributed by atoms with van der Waals surface area (Å²) in [5.74, 6) is 2.17. The molecule has 2 aliphatic heterocycles. The number of halogens is 1. The summed E-state index contributed by atoms with van der Waals surface area (Å²) in [4.78, 5) is 9.63. The van der Waals surface area contributed by atoms with Crippen molar-refractivity contribution in [1.82, 2.24) is 15.1 Å². The first-order valence-electron chi connectivity index (χ1n) is 9.60. The highest BCUT2D eigenvalue weighted by molar-refractivity contribution is 14.0. The smallest absolute Gasteiger partial charge is 0.194 e. The van der Waals surface area contributed by atoms with Crippen molar-refractivity contribution in [3.05, 3.63) is 24.2 Å². The number of nitrogens with one attached hydrogen (secondary N) is 1. The summed E-state index contributed by atoms with van der Waals surface area (Å²) >= 11 is 0. The maximum atomic E-state index is 10.6. The molecule has 2 fully saturated rings. The number of nitrogens with zero attached hydrogens (tertiary/aromatic N) is 3. The van der Waals surface area contributed by atoms with Crippen LogP contribution in [0.5, 0.6) is 0 Å². The predicted molar refractivity (Wildman–Crippen MR) is 115 cm³/mol. The molecule has 2 aliphatic rings. The van der Waals surface area contributed by atoms with Crippen LogP contribution < -0.4 is 5.32 Å². The third kappa shape index (κ3) is 5.60. The van der Waals surface area contributed by atoms with Gasteiger partial charge < -0.3 is 24.6 Å². The van der Waals surface area contributed by atoms with Gasteiger partial charge in [-0.1, -0.05) is 0 Å². The number of guanidine groups is 1. The van der Waals surface area contributed by atoms with Gasteiger partial charge in [-0.15, -0.1) is 24.0 Å². The van der Waals surface area contributed by atoms with Crippen molar-refractivity contribution in [2.75, 3.05) is 45.8 Å². The van der Waals surface area contributed by atoms with Crippen LogP contribution in [0, 0.1) is 5.92 Å². The van der Waals surface area contributed by atoms with E-state index in [4.69, 9.17) is 9.41 Å². The van der Waals surface area contributed by atoms with Crippen LogP contribution in [-0.2, 0) is 5.60 Å². The maximum Gasteiger partial charge on any atom is 0.194 e. The van der Waals surface area contributed by atoms with E-state index in [0.717, 1.165) is 25.6 Å². The van der Waals surface area contributed by atoms with Gasteiger partial charge in [0, 0.05) is 26.2 Å². The second-order valence-corrected chi connectivity index (χ2v) is 7.53. The summed E-state index contributed by atoms with van der Waals surface area (Å²) in [6.07, 6.45) is 5.50. The van der Waals surface area contributed by atoms with Crippen molar-refractivity contribution < 1.29 is 9.52 Å². The van der Waals surface area contributed by atoms with Gasteiger partial charge in [0.05, 0.1) is 12.8 Å². The number of aliphatic imine (C=N–C) groups is 1. The number of hydrogen-bond acceptors (Lipinski definition) is 4. The van der Waals surface area contributed by atoms with Gasteiger partial charge in [-0.3, -0.25) is 0 Å². The van der Waals surface area contributed by atoms with Crippen LogP contribution >= 0.6 is 24.0 Å². The van der Waals surface area contributed by atoms with Gasteiger partial charge in [0.15, 0.2) is 5.96 Å². The average Bonchev–Trinajstić information content (AvgIpc) is 3.33. The molecule has 148 valence electrons. The minimum atomic E-state index is -1.08. The number of aliphatic hydroxyl groups is 1. The molecule has 0 bridgehead atoms. The lowest BCUT2D eigenvalue weighted by atomic mass is 10.0. The van der Waals surface area contributed by atoms with Gasteiger partial charge in [-0.2, -0.15) is 0 Å². The standard InChI is InChI=1S/C19H32N4O2.HI/c1-3-20-18(21-15-19(2,24)17-7-6-12-25-17)23-11-8-16(14-23)13-22-9-4-5-10-22;/h6-7,12,16,24H,3-5,8-11,13-15H2,1-2H3,(H,20,21);1H. The molecule has 2 N–H and O–H groups in total. The van der Waals surface area contributed by atoms with Crippen LogP contribution in [0.1, 0.15) is 38.9 Å². The Bertz CT molecular complexity index is 556. The van der Waals surface area contributed by atoms with Crippen LogP contribution in [0.4, 0.5) is 0 Å².